The Kier molecular flexibility index (Phi) is 5.37. The van der Waals surface area contributed by atoms with Crippen molar-refractivity contribution in [1.29, 1.82) is 0 Å². The zero-order valence-electron chi connectivity index (χ0n) is 16.6. The molecule has 0 aliphatic carbocycles. The molecule has 0 unspecified atom stereocenters. The van der Waals surface area contributed by atoms with Gasteiger partial charge in [-0.2, -0.15) is 10.1 Å². The number of benzene rings is 1. The van der Waals surface area contributed by atoms with E-state index in [1.807, 2.05) is 19.1 Å². The molecule has 4 aromatic rings. The molecule has 0 aliphatic heterocycles. The fourth-order valence-electron chi connectivity index (χ4n) is 3.19. The summed E-state index contributed by atoms with van der Waals surface area (Å²) in [5, 5.41) is 13.0. The molecule has 30 heavy (non-hydrogen) atoms. The van der Waals surface area contributed by atoms with E-state index in [2.05, 4.69) is 25.5 Å². The zero-order chi connectivity index (χ0) is 21.3. The number of carbonyl (C=O) groups is 1. The first-order valence-electron chi connectivity index (χ1n) is 9.29. The summed E-state index contributed by atoms with van der Waals surface area (Å²) in [6.07, 6.45) is 1.48. The van der Waals surface area contributed by atoms with Crippen molar-refractivity contribution in [3.05, 3.63) is 52.6 Å². The van der Waals surface area contributed by atoms with E-state index >= 15 is 0 Å². The number of carbonyl (C=O) groups excluding carboxylic acids is 1. The molecule has 1 aromatic carbocycles. The highest BCUT2D eigenvalue weighted by Gasteiger charge is 2.21. The van der Waals surface area contributed by atoms with Crippen molar-refractivity contribution >= 4 is 34.3 Å². The lowest BCUT2D eigenvalue weighted by atomic mass is 10.1. The summed E-state index contributed by atoms with van der Waals surface area (Å²) < 4.78 is 12.2. The number of halogens is 1. The third kappa shape index (κ3) is 3.71. The maximum Gasteiger partial charge on any atom is 0.341 e. The van der Waals surface area contributed by atoms with Crippen LogP contribution < -0.4 is 5.32 Å². The molecule has 0 aliphatic rings. The largest absolute Gasteiger partial charge is 0.462 e. The van der Waals surface area contributed by atoms with E-state index in [9.17, 15) is 4.79 Å². The monoisotopic (exact) mass is 426 g/mol. The van der Waals surface area contributed by atoms with Crippen LogP contribution in [0.15, 0.2) is 35.0 Å². The Balaban J connectivity index is 1.66. The lowest BCUT2D eigenvalue weighted by Crippen LogP contribution is -2.11. The first-order valence-corrected chi connectivity index (χ1v) is 9.67. The lowest BCUT2D eigenvalue weighted by Gasteiger charge is -2.11. The van der Waals surface area contributed by atoms with Gasteiger partial charge in [-0.15, -0.1) is 0 Å². The number of anilines is 1. The van der Waals surface area contributed by atoms with Gasteiger partial charge in [0.05, 0.1) is 29.9 Å². The number of hydrogen-bond donors (Lipinski definition) is 1. The van der Waals surface area contributed by atoms with Crippen LogP contribution in [-0.4, -0.2) is 37.5 Å². The Hall–Kier alpha value is -3.46. The number of aromatic nitrogens is 5. The highest BCUT2D eigenvalue weighted by atomic mass is 35.5. The van der Waals surface area contributed by atoms with E-state index in [1.165, 1.54) is 6.20 Å². The Labute approximate surface area is 177 Å². The fraction of sp³-hybridized carbons (Fsp3) is 0.250. The number of rotatable bonds is 6. The van der Waals surface area contributed by atoms with Crippen molar-refractivity contribution in [2.45, 2.75) is 20.4 Å². The summed E-state index contributed by atoms with van der Waals surface area (Å²) in [5.74, 6) is 0.312. The normalized spacial score (nSPS) is 11.1. The molecular formula is C20H19ClN6O3. The number of hydrogen-bond acceptors (Lipinski definition) is 8. The maximum absolute atomic E-state index is 12.5. The summed E-state index contributed by atoms with van der Waals surface area (Å²) in [7, 11) is 1.80. The van der Waals surface area contributed by atoms with Crippen molar-refractivity contribution in [2.75, 3.05) is 11.9 Å². The summed E-state index contributed by atoms with van der Waals surface area (Å²) in [4.78, 5) is 21.2. The van der Waals surface area contributed by atoms with Crippen molar-refractivity contribution < 1.29 is 14.1 Å². The van der Waals surface area contributed by atoms with Crippen LogP contribution in [0.25, 0.3) is 22.4 Å². The van der Waals surface area contributed by atoms with Crippen LogP contribution in [-0.2, 0) is 18.3 Å². The van der Waals surface area contributed by atoms with Gasteiger partial charge in [0.2, 0.25) is 11.7 Å². The minimum absolute atomic E-state index is 0.202. The van der Waals surface area contributed by atoms with Crippen molar-refractivity contribution in [1.82, 2.24) is 24.9 Å². The van der Waals surface area contributed by atoms with E-state index in [4.69, 9.17) is 20.9 Å². The molecule has 10 heteroatoms. The van der Waals surface area contributed by atoms with Gasteiger partial charge in [-0.3, -0.25) is 4.68 Å². The van der Waals surface area contributed by atoms with Crippen molar-refractivity contribution in [2.24, 2.45) is 7.05 Å². The van der Waals surface area contributed by atoms with Crippen LogP contribution in [0.3, 0.4) is 0 Å². The molecule has 0 spiro atoms. The molecule has 0 amide bonds. The predicted octanol–water partition coefficient (Wildman–Crippen LogP) is 3.77. The van der Waals surface area contributed by atoms with Crippen molar-refractivity contribution in [3.8, 4) is 11.4 Å². The van der Waals surface area contributed by atoms with Gasteiger partial charge in [0.25, 0.3) is 0 Å². The summed E-state index contributed by atoms with van der Waals surface area (Å²) in [5.41, 5.74) is 3.01. The third-order valence-electron chi connectivity index (χ3n) is 4.49. The molecule has 9 nitrogen and oxygen atoms in total. The molecule has 4 rings (SSSR count). The lowest BCUT2D eigenvalue weighted by molar-refractivity contribution is 0.0527. The summed E-state index contributed by atoms with van der Waals surface area (Å²) in [6.45, 7) is 4.07. The Morgan fingerprint density at radius 3 is 2.97 bits per heavy atom. The first kappa shape index (κ1) is 19.8. The van der Waals surface area contributed by atoms with Gasteiger partial charge < -0.3 is 14.6 Å². The highest BCUT2D eigenvalue weighted by Crippen LogP contribution is 2.29. The Morgan fingerprint density at radius 1 is 1.37 bits per heavy atom. The van der Waals surface area contributed by atoms with E-state index in [0.717, 1.165) is 16.6 Å². The zero-order valence-corrected chi connectivity index (χ0v) is 17.4. The van der Waals surface area contributed by atoms with E-state index in [0.29, 0.717) is 33.6 Å². The van der Waals surface area contributed by atoms with Gasteiger partial charge in [-0.1, -0.05) is 28.9 Å². The first-order chi connectivity index (χ1) is 14.5. The number of fused-ring (bicyclic) bond motifs is 1. The number of nitrogens with one attached hydrogen (secondary N) is 1. The van der Waals surface area contributed by atoms with Crippen LogP contribution in [0.5, 0.6) is 0 Å². The Bertz CT molecular complexity index is 1230. The topological polar surface area (TPSA) is 108 Å². The molecule has 154 valence electrons. The average molecular weight is 427 g/mol. The fourth-order valence-corrected chi connectivity index (χ4v) is 3.38. The number of pyridine rings is 1. The van der Waals surface area contributed by atoms with Crippen LogP contribution in [0.4, 0.5) is 5.69 Å². The van der Waals surface area contributed by atoms with Crippen LogP contribution in [0.2, 0.25) is 5.02 Å². The van der Waals surface area contributed by atoms with Crippen LogP contribution in [0, 0.1) is 6.92 Å². The smallest absolute Gasteiger partial charge is 0.341 e. The predicted molar refractivity (Wildman–Crippen MR) is 111 cm³/mol. The number of ether oxygens (including phenoxy) is 1. The summed E-state index contributed by atoms with van der Waals surface area (Å²) in [6, 6.07) is 7.19. The molecular weight excluding hydrogens is 408 g/mol. The number of esters is 1. The SMILES string of the molecule is CCOC(=O)c1cnc2c(c(C)nn2C)c1NCc1nc(-c2cccc(Cl)c2)no1. The molecule has 0 atom stereocenters. The molecule has 0 saturated carbocycles. The van der Waals surface area contributed by atoms with E-state index < -0.39 is 5.97 Å². The standard InChI is InChI=1S/C20H19ClN6O3/c1-4-29-20(28)14-9-23-19-16(11(2)25-27(19)3)17(14)22-10-15-24-18(26-30-15)12-6-5-7-13(21)8-12/h5-9H,4,10H2,1-3H3,(H,22,23). The molecule has 0 saturated heterocycles. The second kappa shape index (κ2) is 8.11. The van der Waals surface area contributed by atoms with Gasteiger partial charge in [-0.25, -0.2) is 9.78 Å². The summed E-state index contributed by atoms with van der Waals surface area (Å²) >= 11 is 6.03. The van der Waals surface area contributed by atoms with Crippen molar-refractivity contribution in [3.63, 3.8) is 0 Å². The van der Waals surface area contributed by atoms with Gasteiger partial charge in [0.15, 0.2) is 5.65 Å². The minimum atomic E-state index is -0.470. The second-order valence-corrected chi connectivity index (χ2v) is 6.99. The van der Waals surface area contributed by atoms with Gasteiger partial charge in [0.1, 0.15) is 5.56 Å². The van der Waals surface area contributed by atoms with Gasteiger partial charge >= 0.3 is 5.97 Å². The third-order valence-corrected chi connectivity index (χ3v) is 4.72. The Morgan fingerprint density at radius 2 is 2.20 bits per heavy atom. The molecule has 1 N–H and O–H groups in total. The molecule has 3 aromatic heterocycles. The maximum atomic E-state index is 12.5. The highest BCUT2D eigenvalue weighted by molar-refractivity contribution is 6.30. The van der Waals surface area contributed by atoms with Crippen LogP contribution >= 0.6 is 11.6 Å². The average Bonchev–Trinajstić information content (AvgIpc) is 3.31. The van der Waals surface area contributed by atoms with E-state index in [-0.39, 0.29) is 13.2 Å². The van der Waals surface area contributed by atoms with Gasteiger partial charge in [0, 0.05) is 23.8 Å². The number of aryl methyl sites for hydroxylation is 2. The molecule has 3 heterocycles. The van der Waals surface area contributed by atoms with Crippen LogP contribution in [0.1, 0.15) is 28.9 Å². The molecule has 0 radical (unpaired) electrons. The van der Waals surface area contributed by atoms with Gasteiger partial charge in [-0.05, 0) is 26.0 Å². The van der Waals surface area contributed by atoms with E-state index in [1.54, 1.807) is 30.8 Å². The number of nitrogens with zero attached hydrogens (tertiary/aromatic N) is 5. The molecule has 0 bridgehead atoms. The second-order valence-electron chi connectivity index (χ2n) is 6.55. The minimum Gasteiger partial charge on any atom is -0.462 e. The molecule has 0 fully saturated rings. The quantitative estimate of drug-likeness (QED) is 0.464.